The molecule has 6 rings (SSSR count). The molecule has 0 radical (unpaired) electrons. The van der Waals surface area contributed by atoms with Crippen molar-refractivity contribution in [3.8, 4) is 5.75 Å². The molecule has 42 heavy (non-hydrogen) atoms. The minimum absolute atomic E-state index is 0.0717. The van der Waals surface area contributed by atoms with Gasteiger partial charge in [-0.1, -0.05) is 66.9 Å². The van der Waals surface area contributed by atoms with E-state index in [0.717, 1.165) is 42.1 Å². The van der Waals surface area contributed by atoms with Gasteiger partial charge in [-0.2, -0.15) is 0 Å². The standard InChI is InChI=1S/C33H34N6O3/c1-2-42-27-18-16-23(17-19-27)32(33(41)35-25-11-4-3-5-12-25)39(26-20-24-10-6-7-13-28(24)34-21-26)31(40)22-38-30-15-9-8-14-29(30)36-37-38/h6-10,13-21,25,32H,2-5,11-12,22H2,1H3,(H,35,41). The summed E-state index contributed by atoms with van der Waals surface area (Å²) >= 11 is 0. The number of rotatable bonds is 9. The molecule has 2 aromatic heterocycles. The monoisotopic (exact) mass is 562 g/mol. The highest BCUT2D eigenvalue weighted by atomic mass is 16.5. The normalized spacial score (nSPS) is 14.5. The van der Waals surface area contributed by atoms with Crippen LogP contribution in [0.3, 0.4) is 0 Å². The molecule has 0 bridgehead atoms. The molecule has 1 N–H and O–H groups in total. The Bertz CT molecular complexity index is 1690. The van der Waals surface area contributed by atoms with E-state index in [1.165, 1.54) is 6.42 Å². The van der Waals surface area contributed by atoms with E-state index in [2.05, 4.69) is 20.6 Å². The summed E-state index contributed by atoms with van der Waals surface area (Å²) in [6.07, 6.45) is 6.85. The number of para-hydroxylation sites is 2. The lowest BCUT2D eigenvalue weighted by atomic mass is 9.94. The molecule has 5 aromatic rings. The summed E-state index contributed by atoms with van der Waals surface area (Å²) in [6, 6.07) is 23.7. The zero-order chi connectivity index (χ0) is 28.9. The van der Waals surface area contributed by atoms with Crippen LogP contribution < -0.4 is 15.0 Å². The molecule has 1 aliphatic carbocycles. The Balaban J connectivity index is 1.44. The number of anilines is 1. The third-order valence-electron chi connectivity index (χ3n) is 7.79. The minimum Gasteiger partial charge on any atom is -0.494 e. The van der Waals surface area contributed by atoms with E-state index in [9.17, 15) is 9.59 Å². The van der Waals surface area contributed by atoms with Crippen molar-refractivity contribution in [2.45, 2.75) is 57.7 Å². The van der Waals surface area contributed by atoms with Crippen LogP contribution in [-0.2, 0) is 16.1 Å². The molecular formula is C33H34N6O3. The number of hydrogen-bond donors (Lipinski definition) is 1. The predicted molar refractivity (Wildman–Crippen MR) is 162 cm³/mol. The molecule has 1 fully saturated rings. The number of ether oxygens (including phenoxy) is 1. The van der Waals surface area contributed by atoms with Crippen LogP contribution in [0, 0.1) is 0 Å². The second kappa shape index (κ2) is 12.4. The van der Waals surface area contributed by atoms with Gasteiger partial charge in [-0.3, -0.25) is 19.5 Å². The van der Waals surface area contributed by atoms with E-state index in [0.29, 0.717) is 29.1 Å². The molecule has 2 amide bonds. The quantitative estimate of drug-likeness (QED) is 0.251. The van der Waals surface area contributed by atoms with E-state index in [1.54, 1.807) is 15.8 Å². The molecule has 2 heterocycles. The third kappa shape index (κ3) is 5.81. The molecular weight excluding hydrogens is 528 g/mol. The van der Waals surface area contributed by atoms with Gasteiger partial charge in [0.05, 0.1) is 29.5 Å². The first-order valence-electron chi connectivity index (χ1n) is 14.6. The number of carbonyl (C=O) groups is 2. The lowest BCUT2D eigenvalue weighted by Crippen LogP contribution is -2.48. The zero-order valence-corrected chi connectivity index (χ0v) is 23.6. The maximum absolute atomic E-state index is 14.4. The summed E-state index contributed by atoms with van der Waals surface area (Å²) in [5.74, 6) is 0.170. The van der Waals surface area contributed by atoms with Crippen molar-refractivity contribution in [3.05, 3.63) is 90.6 Å². The largest absolute Gasteiger partial charge is 0.494 e. The lowest BCUT2D eigenvalue weighted by molar-refractivity contribution is -0.127. The van der Waals surface area contributed by atoms with Gasteiger partial charge in [0.1, 0.15) is 23.9 Å². The highest BCUT2D eigenvalue weighted by Gasteiger charge is 2.35. The maximum atomic E-state index is 14.4. The SMILES string of the molecule is CCOc1ccc(C(C(=O)NC2CCCCC2)N(C(=O)Cn2nnc3ccccc32)c2cnc3ccccc3c2)cc1. The number of hydrogen-bond acceptors (Lipinski definition) is 6. The Morgan fingerprint density at radius 2 is 1.71 bits per heavy atom. The number of benzene rings is 3. The Morgan fingerprint density at radius 3 is 2.50 bits per heavy atom. The Morgan fingerprint density at radius 1 is 0.976 bits per heavy atom. The molecule has 3 aromatic carbocycles. The van der Waals surface area contributed by atoms with Crippen molar-refractivity contribution in [1.82, 2.24) is 25.3 Å². The van der Waals surface area contributed by atoms with E-state index in [1.807, 2.05) is 85.8 Å². The number of nitrogens with zero attached hydrogens (tertiary/aromatic N) is 5. The second-order valence-corrected chi connectivity index (χ2v) is 10.6. The van der Waals surface area contributed by atoms with Crippen molar-refractivity contribution in [2.24, 2.45) is 0 Å². The number of nitrogens with one attached hydrogen (secondary N) is 1. The molecule has 0 saturated heterocycles. The summed E-state index contributed by atoms with van der Waals surface area (Å²) in [7, 11) is 0. The second-order valence-electron chi connectivity index (χ2n) is 10.6. The third-order valence-corrected chi connectivity index (χ3v) is 7.79. The zero-order valence-electron chi connectivity index (χ0n) is 23.6. The summed E-state index contributed by atoms with van der Waals surface area (Å²) in [5, 5.41) is 12.6. The van der Waals surface area contributed by atoms with Crippen LogP contribution in [0.1, 0.15) is 50.6 Å². The van der Waals surface area contributed by atoms with Gasteiger partial charge in [0.15, 0.2) is 0 Å². The van der Waals surface area contributed by atoms with Gasteiger partial charge in [-0.15, -0.1) is 5.10 Å². The van der Waals surface area contributed by atoms with Crippen LogP contribution >= 0.6 is 0 Å². The van der Waals surface area contributed by atoms with E-state index in [4.69, 9.17) is 4.74 Å². The molecule has 1 unspecified atom stereocenters. The van der Waals surface area contributed by atoms with Crippen molar-refractivity contribution >= 4 is 39.4 Å². The maximum Gasteiger partial charge on any atom is 0.249 e. The number of aromatic nitrogens is 4. The van der Waals surface area contributed by atoms with Crippen LogP contribution in [0.5, 0.6) is 5.75 Å². The van der Waals surface area contributed by atoms with Gasteiger partial charge in [0.2, 0.25) is 11.8 Å². The molecule has 9 heteroatoms. The molecule has 0 aliphatic heterocycles. The first-order chi connectivity index (χ1) is 20.6. The average molecular weight is 563 g/mol. The van der Waals surface area contributed by atoms with E-state index in [-0.39, 0.29) is 24.4 Å². The summed E-state index contributed by atoms with van der Waals surface area (Å²) < 4.78 is 7.24. The number of amides is 2. The fraction of sp³-hybridized carbons (Fsp3) is 0.303. The lowest BCUT2D eigenvalue weighted by Gasteiger charge is -2.33. The topological polar surface area (TPSA) is 102 Å². The molecule has 1 saturated carbocycles. The highest BCUT2D eigenvalue weighted by Crippen LogP contribution is 2.32. The van der Waals surface area contributed by atoms with Crippen LogP contribution in [0.15, 0.2) is 85.1 Å². The Hall–Kier alpha value is -4.79. The van der Waals surface area contributed by atoms with Gasteiger partial charge in [0.25, 0.3) is 0 Å². The molecule has 9 nitrogen and oxygen atoms in total. The summed E-state index contributed by atoms with van der Waals surface area (Å²) in [4.78, 5) is 34.8. The van der Waals surface area contributed by atoms with Crippen molar-refractivity contribution in [1.29, 1.82) is 0 Å². The van der Waals surface area contributed by atoms with Crippen LogP contribution in [0.4, 0.5) is 5.69 Å². The fourth-order valence-corrected chi connectivity index (χ4v) is 5.72. The number of carbonyl (C=O) groups excluding carboxylic acids is 2. The summed E-state index contributed by atoms with van der Waals surface area (Å²) in [6.45, 7) is 2.36. The molecule has 1 atom stereocenters. The summed E-state index contributed by atoms with van der Waals surface area (Å²) in [5.41, 5.74) is 3.45. The average Bonchev–Trinajstić information content (AvgIpc) is 3.43. The van der Waals surface area contributed by atoms with E-state index >= 15 is 0 Å². The first-order valence-corrected chi connectivity index (χ1v) is 14.6. The van der Waals surface area contributed by atoms with Crippen molar-refractivity contribution in [2.75, 3.05) is 11.5 Å². The Kier molecular flexibility index (Phi) is 8.07. The van der Waals surface area contributed by atoms with Crippen molar-refractivity contribution in [3.63, 3.8) is 0 Å². The number of fused-ring (bicyclic) bond motifs is 2. The molecule has 1 aliphatic rings. The van der Waals surface area contributed by atoms with E-state index < -0.39 is 6.04 Å². The van der Waals surface area contributed by atoms with Gasteiger partial charge in [-0.05, 0) is 61.7 Å². The van der Waals surface area contributed by atoms with Crippen molar-refractivity contribution < 1.29 is 14.3 Å². The fourth-order valence-electron chi connectivity index (χ4n) is 5.72. The van der Waals surface area contributed by atoms with Crippen LogP contribution in [0.25, 0.3) is 21.9 Å². The first kappa shape index (κ1) is 27.4. The van der Waals surface area contributed by atoms with Gasteiger partial charge >= 0.3 is 0 Å². The van der Waals surface area contributed by atoms with Gasteiger partial charge < -0.3 is 10.1 Å². The minimum atomic E-state index is -0.937. The Labute approximate surface area is 244 Å². The number of pyridine rings is 1. The van der Waals surface area contributed by atoms with Crippen LogP contribution in [-0.4, -0.2) is 44.4 Å². The molecule has 0 spiro atoms. The van der Waals surface area contributed by atoms with Crippen LogP contribution in [0.2, 0.25) is 0 Å². The smallest absolute Gasteiger partial charge is 0.249 e. The van der Waals surface area contributed by atoms with Gasteiger partial charge in [-0.25, -0.2) is 4.68 Å². The molecule has 214 valence electrons. The highest BCUT2D eigenvalue weighted by molar-refractivity contribution is 6.02. The predicted octanol–water partition coefficient (Wildman–Crippen LogP) is 5.60. The van der Waals surface area contributed by atoms with Gasteiger partial charge in [0, 0.05) is 11.4 Å².